The summed E-state index contributed by atoms with van der Waals surface area (Å²) >= 11 is 5.65. The standard InChI is InChI=1S/C11H19ClN2O3/c1-3-17-11(16)14-6-4-13(5-7-14)10(15)9(2)8-12/h9H,3-8H2,1-2H3. The number of carbonyl (C=O) groups excluding carboxylic acids is 2. The zero-order valence-electron chi connectivity index (χ0n) is 10.3. The largest absolute Gasteiger partial charge is 0.450 e. The van der Waals surface area contributed by atoms with Crippen LogP contribution >= 0.6 is 11.6 Å². The Kier molecular flexibility index (Phi) is 5.55. The first kappa shape index (κ1) is 14.1. The maximum absolute atomic E-state index is 11.8. The SMILES string of the molecule is CCOC(=O)N1CCN(C(=O)C(C)CCl)CC1. The van der Waals surface area contributed by atoms with Gasteiger partial charge in [-0.05, 0) is 6.92 Å². The summed E-state index contributed by atoms with van der Waals surface area (Å²) in [5.74, 6) is 0.228. The summed E-state index contributed by atoms with van der Waals surface area (Å²) in [6, 6.07) is 0. The van der Waals surface area contributed by atoms with Crippen LogP contribution in [0.1, 0.15) is 13.8 Å². The molecule has 5 nitrogen and oxygen atoms in total. The molecule has 1 unspecified atom stereocenters. The van der Waals surface area contributed by atoms with Gasteiger partial charge in [-0.3, -0.25) is 4.79 Å². The predicted molar refractivity (Wildman–Crippen MR) is 65.1 cm³/mol. The van der Waals surface area contributed by atoms with E-state index in [-0.39, 0.29) is 17.9 Å². The number of halogens is 1. The Bertz CT molecular complexity index is 278. The van der Waals surface area contributed by atoms with Gasteiger partial charge in [-0.25, -0.2) is 4.79 Å². The molecule has 2 amide bonds. The van der Waals surface area contributed by atoms with Crippen LogP contribution in [-0.2, 0) is 9.53 Å². The van der Waals surface area contributed by atoms with E-state index in [9.17, 15) is 9.59 Å². The fourth-order valence-electron chi connectivity index (χ4n) is 1.70. The molecule has 98 valence electrons. The van der Waals surface area contributed by atoms with E-state index >= 15 is 0 Å². The van der Waals surface area contributed by atoms with Crippen molar-refractivity contribution in [3.8, 4) is 0 Å². The van der Waals surface area contributed by atoms with Gasteiger partial charge in [0.2, 0.25) is 5.91 Å². The summed E-state index contributed by atoms with van der Waals surface area (Å²) in [5, 5.41) is 0. The van der Waals surface area contributed by atoms with Crippen molar-refractivity contribution in [1.29, 1.82) is 0 Å². The third kappa shape index (κ3) is 3.77. The van der Waals surface area contributed by atoms with Crippen LogP contribution in [0, 0.1) is 5.92 Å². The first-order chi connectivity index (χ1) is 8.10. The molecule has 0 aliphatic carbocycles. The van der Waals surface area contributed by atoms with Gasteiger partial charge in [0.1, 0.15) is 0 Å². The normalized spacial score (nSPS) is 17.8. The summed E-state index contributed by atoms with van der Waals surface area (Å²) in [6.45, 7) is 6.13. The van der Waals surface area contributed by atoms with Crippen LogP contribution in [0.4, 0.5) is 4.79 Å². The first-order valence-electron chi connectivity index (χ1n) is 5.86. The molecule has 1 rings (SSSR count). The van der Waals surface area contributed by atoms with E-state index in [4.69, 9.17) is 16.3 Å². The highest BCUT2D eigenvalue weighted by atomic mass is 35.5. The van der Waals surface area contributed by atoms with Crippen LogP contribution in [0.15, 0.2) is 0 Å². The number of alkyl halides is 1. The molecule has 0 aromatic carbocycles. The second-order valence-corrected chi connectivity index (χ2v) is 4.38. The van der Waals surface area contributed by atoms with Crippen LogP contribution in [0.25, 0.3) is 0 Å². The lowest BCUT2D eigenvalue weighted by Crippen LogP contribution is -2.52. The average Bonchev–Trinajstić information content (AvgIpc) is 2.37. The number of hydrogen-bond acceptors (Lipinski definition) is 3. The van der Waals surface area contributed by atoms with Gasteiger partial charge in [0.25, 0.3) is 0 Å². The molecule has 1 aliphatic heterocycles. The third-order valence-electron chi connectivity index (χ3n) is 2.77. The van der Waals surface area contributed by atoms with Gasteiger partial charge in [0, 0.05) is 38.0 Å². The fraction of sp³-hybridized carbons (Fsp3) is 0.818. The van der Waals surface area contributed by atoms with Crippen molar-refractivity contribution < 1.29 is 14.3 Å². The van der Waals surface area contributed by atoms with Crippen LogP contribution < -0.4 is 0 Å². The number of hydrogen-bond donors (Lipinski definition) is 0. The summed E-state index contributed by atoms with van der Waals surface area (Å²) < 4.78 is 4.91. The van der Waals surface area contributed by atoms with E-state index < -0.39 is 0 Å². The maximum Gasteiger partial charge on any atom is 0.409 e. The Morgan fingerprint density at radius 1 is 1.24 bits per heavy atom. The summed E-state index contributed by atoms with van der Waals surface area (Å²) in [7, 11) is 0. The molecule has 0 aromatic heterocycles. The lowest BCUT2D eigenvalue weighted by atomic mass is 10.1. The molecular formula is C11H19ClN2O3. The molecule has 0 bridgehead atoms. The Balaban J connectivity index is 2.40. The zero-order valence-corrected chi connectivity index (χ0v) is 11.1. The number of ether oxygens (including phenoxy) is 1. The molecule has 0 radical (unpaired) electrons. The quantitative estimate of drug-likeness (QED) is 0.718. The number of rotatable bonds is 3. The highest BCUT2D eigenvalue weighted by Crippen LogP contribution is 2.09. The molecule has 0 N–H and O–H groups in total. The van der Waals surface area contributed by atoms with Crippen molar-refractivity contribution in [2.75, 3.05) is 38.7 Å². The third-order valence-corrected chi connectivity index (χ3v) is 3.23. The second-order valence-electron chi connectivity index (χ2n) is 4.07. The zero-order chi connectivity index (χ0) is 12.8. The Labute approximate surface area is 107 Å². The van der Waals surface area contributed by atoms with Crippen LogP contribution in [-0.4, -0.2) is 60.5 Å². The second kappa shape index (κ2) is 6.69. The van der Waals surface area contributed by atoms with Crippen LogP contribution in [0.2, 0.25) is 0 Å². The topological polar surface area (TPSA) is 49.9 Å². The van der Waals surface area contributed by atoms with Crippen molar-refractivity contribution in [2.24, 2.45) is 5.92 Å². The molecule has 1 atom stereocenters. The van der Waals surface area contributed by atoms with Gasteiger partial charge in [-0.2, -0.15) is 0 Å². The number of nitrogens with zero attached hydrogens (tertiary/aromatic N) is 2. The van der Waals surface area contributed by atoms with Crippen LogP contribution in [0.3, 0.4) is 0 Å². The summed E-state index contributed by atoms with van der Waals surface area (Å²) in [6.07, 6.45) is -0.301. The molecule has 1 fully saturated rings. The highest BCUT2D eigenvalue weighted by Gasteiger charge is 2.26. The van der Waals surface area contributed by atoms with Gasteiger partial charge >= 0.3 is 6.09 Å². The Morgan fingerprint density at radius 3 is 2.24 bits per heavy atom. The van der Waals surface area contributed by atoms with E-state index in [0.717, 1.165) is 0 Å². The minimum Gasteiger partial charge on any atom is -0.450 e. The first-order valence-corrected chi connectivity index (χ1v) is 6.40. The average molecular weight is 263 g/mol. The summed E-state index contributed by atoms with van der Waals surface area (Å²) in [4.78, 5) is 26.7. The van der Waals surface area contributed by atoms with E-state index in [2.05, 4.69) is 0 Å². The maximum atomic E-state index is 11.8. The van der Waals surface area contributed by atoms with Gasteiger partial charge in [-0.15, -0.1) is 11.6 Å². The predicted octanol–water partition coefficient (Wildman–Crippen LogP) is 1.16. The lowest BCUT2D eigenvalue weighted by Gasteiger charge is -2.35. The monoisotopic (exact) mass is 262 g/mol. The van der Waals surface area contributed by atoms with Gasteiger partial charge < -0.3 is 14.5 Å². The Hall–Kier alpha value is -0.970. The van der Waals surface area contributed by atoms with Crippen molar-refractivity contribution in [1.82, 2.24) is 9.80 Å². The van der Waals surface area contributed by atoms with E-state index in [1.807, 2.05) is 6.92 Å². The lowest BCUT2D eigenvalue weighted by molar-refractivity contribution is -0.135. The van der Waals surface area contributed by atoms with Crippen molar-refractivity contribution >= 4 is 23.6 Å². The molecule has 0 aromatic rings. The smallest absolute Gasteiger partial charge is 0.409 e. The van der Waals surface area contributed by atoms with Gasteiger partial charge in [-0.1, -0.05) is 6.92 Å². The molecule has 0 spiro atoms. The van der Waals surface area contributed by atoms with Crippen molar-refractivity contribution in [3.63, 3.8) is 0 Å². The summed E-state index contributed by atoms with van der Waals surface area (Å²) in [5.41, 5.74) is 0. The molecule has 1 heterocycles. The van der Waals surface area contributed by atoms with Gasteiger partial charge in [0.15, 0.2) is 0 Å². The van der Waals surface area contributed by atoms with E-state index in [1.165, 1.54) is 0 Å². The fourth-order valence-corrected chi connectivity index (χ4v) is 1.83. The van der Waals surface area contributed by atoms with Crippen molar-refractivity contribution in [3.05, 3.63) is 0 Å². The number of piperazine rings is 1. The van der Waals surface area contributed by atoms with Gasteiger partial charge in [0.05, 0.1) is 6.61 Å². The molecule has 17 heavy (non-hydrogen) atoms. The molecule has 1 aliphatic rings. The minimum atomic E-state index is -0.301. The molecule has 0 saturated carbocycles. The minimum absolute atomic E-state index is 0.0588. The van der Waals surface area contributed by atoms with E-state index in [1.54, 1.807) is 16.7 Å². The molecule has 1 saturated heterocycles. The van der Waals surface area contributed by atoms with Crippen LogP contribution in [0.5, 0.6) is 0 Å². The highest BCUT2D eigenvalue weighted by molar-refractivity contribution is 6.19. The Morgan fingerprint density at radius 2 is 1.76 bits per heavy atom. The van der Waals surface area contributed by atoms with E-state index in [0.29, 0.717) is 38.7 Å². The number of amides is 2. The molecule has 6 heteroatoms. The van der Waals surface area contributed by atoms with Crippen molar-refractivity contribution in [2.45, 2.75) is 13.8 Å². The number of carbonyl (C=O) groups is 2. The molecular weight excluding hydrogens is 244 g/mol.